The minimum Gasteiger partial charge on any atom is -0.461 e. The molecule has 0 aliphatic rings. The summed E-state index contributed by atoms with van der Waals surface area (Å²) >= 11 is 0. The number of likely N-dealkylation sites (N-methyl/N-ethyl adjacent to an activating group) is 2. The Bertz CT molecular complexity index is 1340. The van der Waals surface area contributed by atoms with E-state index in [4.69, 9.17) is 4.74 Å². The van der Waals surface area contributed by atoms with Gasteiger partial charge < -0.3 is 25.6 Å². The summed E-state index contributed by atoms with van der Waals surface area (Å²) in [7, 11) is 4.92. The third-order valence-electron chi connectivity index (χ3n) is 7.12. The van der Waals surface area contributed by atoms with Crippen LogP contribution < -0.4 is 16.0 Å². The number of nitrogens with one attached hydrogen (secondary N) is 3. The van der Waals surface area contributed by atoms with Gasteiger partial charge in [-0.1, -0.05) is 92.6 Å². The highest BCUT2D eigenvalue weighted by molar-refractivity contribution is 5.95. The molecule has 0 aliphatic heterocycles. The molecule has 9 heteroatoms. The van der Waals surface area contributed by atoms with Crippen molar-refractivity contribution in [2.75, 3.05) is 21.1 Å². The number of carbonyl (C=O) groups excluding carboxylic acids is 4. The van der Waals surface area contributed by atoms with Crippen molar-refractivity contribution in [2.45, 2.75) is 63.8 Å². The fraction of sp³-hybridized carbons (Fsp3) is 0.394. The molecular formula is C33H42N4O5. The lowest BCUT2D eigenvalue weighted by atomic mass is 9.98. The number of amides is 3. The van der Waals surface area contributed by atoms with Crippen LogP contribution in [0.4, 0.5) is 0 Å². The molecule has 0 saturated carbocycles. The molecule has 0 aromatic heterocycles. The van der Waals surface area contributed by atoms with Gasteiger partial charge in [0.2, 0.25) is 17.7 Å². The van der Waals surface area contributed by atoms with Crippen molar-refractivity contribution >= 4 is 34.5 Å². The molecule has 0 unspecified atom stereocenters. The van der Waals surface area contributed by atoms with Gasteiger partial charge in [-0.15, -0.1) is 0 Å². The van der Waals surface area contributed by atoms with Crippen molar-refractivity contribution in [2.24, 2.45) is 0 Å². The molecule has 3 atom stereocenters. The maximum absolute atomic E-state index is 13.7. The van der Waals surface area contributed by atoms with Gasteiger partial charge in [0.05, 0.1) is 12.5 Å². The molecule has 9 nitrogen and oxygen atoms in total. The normalized spacial score (nSPS) is 13.0. The zero-order valence-electron chi connectivity index (χ0n) is 24.9. The second-order valence-corrected chi connectivity index (χ2v) is 10.5. The summed E-state index contributed by atoms with van der Waals surface area (Å²) in [6.07, 6.45) is 2.15. The number of nitrogens with zero attached hydrogens (tertiary/aromatic N) is 1. The predicted octanol–water partition coefficient (Wildman–Crippen LogP) is 3.35. The van der Waals surface area contributed by atoms with E-state index in [-0.39, 0.29) is 25.4 Å². The van der Waals surface area contributed by atoms with Gasteiger partial charge in [-0.3, -0.25) is 19.2 Å². The van der Waals surface area contributed by atoms with Crippen molar-refractivity contribution in [1.29, 1.82) is 0 Å². The van der Waals surface area contributed by atoms with Crippen LogP contribution in [-0.4, -0.2) is 67.9 Å². The molecule has 3 rings (SSSR count). The van der Waals surface area contributed by atoms with Crippen LogP contribution in [0.2, 0.25) is 0 Å². The van der Waals surface area contributed by atoms with Crippen molar-refractivity contribution < 1.29 is 23.9 Å². The molecule has 42 heavy (non-hydrogen) atoms. The van der Waals surface area contributed by atoms with Gasteiger partial charge in [-0.25, -0.2) is 0 Å². The van der Waals surface area contributed by atoms with Crippen LogP contribution in [0.1, 0.15) is 43.7 Å². The molecular weight excluding hydrogens is 532 g/mol. The Kier molecular flexibility index (Phi) is 12.5. The third-order valence-corrected chi connectivity index (χ3v) is 7.12. The number of unbranched alkanes of at least 4 members (excludes halogenated alkanes) is 1. The van der Waals surface area contributed by atoms with E-state index in [1.807, 2.05) is 79.7 Å². The molecule has 0 radical (unpaired) electrons. The van der Waals surface area contributed by atoms with E-state index in [2.05, 4.69) is 16.0 Å². The van der Waals surface area contributed by atoms with E-state index in [0.29, 0.717) is 6.42 Å². The molecule has 0 saturated heterocycles. The van der Waals surface area contributed by atoms with Crippen molar-refractivity contribution in [3.63, 3.8) is 0 Å². The minimum absolute atomic E-state index is 0.0421. The maximum Gasteiger partial charge on any atom is 0.308 e. The van der Waals surface area contributed by atoms with Gasteiger partial charge in [-0.2, -0.15) is 0 Å². The number of ether oxygens (including phenoxy) is 1. The summed E-state index contributed by atoms with van der Waals surface area (Å²) in [5.74, 6) is -1.97. The number of hydrogen-bond donors (Lipinski definition) is 3. The molecule has 0 heterocycles. The van der Waals surface area contributed by atoms with Crippen molar-refractivity contribution in [1.82, 2.24) is 20.9 Å². The summed E-state index contributed by atoms with van der Waals surface area (Å²) in [6, 6.07) is 20.2. The first-order chi connectivity index (χ1) is 20.2. The molecule has 3 amide bonds. The summed E-state index contributed by atoms with van der Waals surface area (Å²) < 4.78 is 5.42. The minimum atomic E-state index is -1.23. The zero-order chi connectivity index (χ0) is 30.5. The van der Waals surface area contributed by atoms with Crippen LogP contribution in [0.3, 0.4) is 0 Å². The standard InChI is InChI=1S/C33H42N4O5/c1-5-6-19-27(34-2)31(39)35-28(21-30(38)42-22-23-13-8-7-9-14-23)32(40)36-29(33(41)37(3)4)20-25-17-12-16-24-15-10-11-18-26(24)25/h7-18,27-29,34H,5-6,19-22H2,1-4H3,(H,35,39)(H,36,40)/t27-,28-,29-/m0/s1. The summed E-state index contributed by atoms with van der Waals surface area (Å²) in [4.78, 5) is 54.3. The first-order valence-corrected chi connectivity index (χ1v) is 14.4. The molecule has 3 N–H and O–H groups in total. The highest BCUT2D eigenvalue weighted by atomic mass is 16.5. The third kappa shape index (κ3) is 9.41. The summed E-state index contributed by atoms with van der Waals surface area (Å²) in [6.45, 7) is 2.07. The Balaban J connectivity index is 1.82. The topological polar surface area (TPSA) is 117 Å². The van der Waals surface area contributed by atoms with Crippen LogP contribution in [0.15, 0.2) is 72.8 Å². The Hall–Kier alpha value is -4.24. The largest absolute Gasteiger partial charge is 0.461 e. The Labute approximate surface area is 248 Å². The second-order valence-electron chi connectivity index (χ2n) is 10.5. The van der Waals surface area contributed by atoms with Crippen LogP contribution in [0, 0.1) is 0 Å². The monoisotopic (exact) mass is 574 g/mol. The van der Waals surface area contributed by atoms with Crippen LogP contribution in [0.25, 0.3) is 10.8 Å². The van der Waals surface area contributed by atoms with Crippen LogP contribution >= 0.6 is 0 Å². The lowest BCUT2D eigenvalue weighted by Crippen LogP contribution is -2.57. The maximum atomic E-state index is 13.7. The number of rotatable bonds is 15. The van der Waals surface area contributed by atoms with Gasteiger partial charge in [0.1, 0.15) is 18.7 Å². The average Bonchev–Trinajstić information content (AvgIpc) is 3.00. The van der Waals surface area contributed by atoms with Crippen molar-refractivity contribution in [3.05, 3.63) is 83.9 Å². The number of benzene rings is 3. The van der Waals surface area contributed by atoms with Gasteiger partial charge in [0.25, 0.3) is 0 Å². The number of hydrogen-bond acceptors (Lipinski definition) is 6. The lowest BCUT2D eigenvalue weighted by Gasteiger charge is -2.26. The highest BCUT2D eigenvalue weighted by Crippen LogP contribution is 2.20. The number of carbonyl (C=O) groups is 4. The molecule has 3 aromatic carbocycles. The van der Waals surface area contributed by atoms with E-state index >= 15 is 0 Å². The fourth-order valence-corrected chi connectivity index (χ4v) is 4.73. The summed E-state index contributed by atoms with van der Waals surface area (Å²) in [5, 5.41) is 10.5. The van der Waals surface area contributed by atoms with Crippen LogP contribution in [0.5, 0.6) is 0 Å². The Morgan fingerprint density at radius 1 is 0.810 bits per heavy atom. The summed E-state index contributed by atoms with van der Waals surface area (Å²) in [5.41, 5.74) is 1.70. The van der Waals surface area contributed by atoms with Gasteiger partial charge in [-0.05, 0) is 35.4 Å². The molecule has 0 bridgehead atoms. The van der Waals surface area contributed by atoms with E-state index in [9.17, 15) is 19.2 Å². The van der Waals surface area contributed by atoms with E-state index in [1.165, 1.54) is 4.90 Å². The predicted molar refractivity (Wildman–Crippen MR) is 163 cm³/mol. The van der Waals surface area contributed by atoms with Crippen molar-refractivity contribution in [3.8, 4) is 0 Å². The quantitative estimate of drug-likeness (QED) is 0.240. The molecule has 0 aliphatic carbocycles. The second kappa shape index (κ2) is 16.3. The molecule has 0 fully saturated rings. The smallest absolute Gasteiger partial charge is 0.308 e. The first kappa shape index (κ1) is 32.3. The molecule has 224 valence electrons. The fourth-order valence-electron chi connectivity index (χ4n) is 4.73. The van der Waals surface area contributed by atoms with Gasteiger partial charge in [0, 0.05) is 20.5 Å². The van der Waals surface area contributed by atoms with Gasteiger partial charge >= 0.3 is 5.97 Å². The lowest BCUT2D eigenvalue weighted by molar-refractivity contribution is -0.147. The zero-order valence-corrected chi connectivity index (χ0v) is 24.9. The number of esters is 1. The Morgan fingerprint density at radius 2 is 1.45 bits per heavy atom. The van der Waals surface area contributed by atoms with Gasteiger partial charge in [0.15, 0.2) is 0 Å². The molecule has 0 spiro atoms. The average molecular weight is 575 g/mol. The highest BCUT2D eigenvalue weighted by Gasteiger charge is 2.31. The first-order valence-electron chi connectivity index (χ1n) is 14.4. The number of fused-ring (bicyclic) bond motifs is 1. The van der Waals surface area contributed by atoms with Crippen LogP contribution in [-0.2, 0) is 36.9 Å². The molecule has 3 aromatic rings. The van der Waals surface area contributed by atoms with E-state index in [1.54, 1.807) is 21.1 Å². The SMILES string of the molecule is CCCC[C@H](NC)C(=O)N[C@@H](CC(=O)OCc1ccccc1)C(=O)N[C@@H](Cc1cccc2ccccc12)C(=O)N(C)C. The van der Waals surface area contributed by atoms with E-state index < -0.39 is 35.9 Å². The Morgan fingerprint density at radius 3 is 2.14 bits per heavy atom. The van der Waals surface area contributed by atoms with E-state index in [0.717, 1.165) is 34.7 Å².